The van der Waals surface area contributed by atoms with Gasteiger partial charge in [-0.25, -0.2) is 4.98 Å². The number of thiazole rings is 1. The van der Waals surface area contributed by atoms with E-state index >= 15 is 0 Å². The second-order valence-electron chi connectivity index (χ2n) is 4.23. The molecule has 2 rings (SSSR count). The fourth-order valence-electron chi connectivity index (χ4n) is 1.60. The van der Waals surface area contributed by atoms with Crippen LogP contribution in [0.5, 0.6) is 0 Å². The summed E-state index contributed by atoms with van der Waals surface area (Å²) in [7, 11) is 0. The van der Waals surface area contributed by atoms with Gasteiger partial charge in [0.1, 0.15) is 5.01 Å². The maximum atomic E-state index is 4.49. The third-order valence-electron chi connectivity index (χ3n) is 2.75. The molecule has 1 unspecified atom stereocenters. The second-order valence-corrected chi connectivity index (χ2v) is 5.12. The predicted molar refractivity (Wildman–Crippen MR) is 71.1 cm³/mol. The van der Waals surface area contributed by atoms with E-state index in [0.29, 0.717) is 0 Å². The molecule has 1 N–H and O–H groups in total. The van der Waals surface area contributed by atoms with Gasteiger partial charge in [-0.05, 0) is 38.0 Å². The summed E-state index contributed by atoms with van der Waals surface area (Å²) in [5.74, 6) is 0. The minimum Gasteiger partial charge on any atom is -0.304 e. The molecule has 0 saturated heterocycles. The van der Waals surface area contributed by atoms with E-state index in [-0.39, 0.29) is 6.04 Å². The van der Waals surface area contributed by atoms with Crippen LogP contribution >= 0.6 is 11.3 Å². The molecule has 0 amide bonds. The van der Waals surface area contributed by atoms with Crippen LogP contribution in [0.4, 0.5) is 0 Å². The van der Waals surface area contributed by atoms with Gasteiger partial charge in [0.25, 0.3) is 0 Å². The molecule has 2 aromatic rings. The molecular weight excluding hydrogens is 230 g/mol. The zero-order valence-electron chi connectivity index (χ0n) is 10.4. The maximum absolute atomic E-state index is 4.49. The first kappa shape index (κ1) is 12.2. The summed E-state index contributed by atoms with van der Waals surface area (Å²) in [5.41, 5.74) is 3.61. The van der Waals surface area contributed by atoms with Gasteiger partial charge in [0.05, 0.1) is 6.04 Å². The second kappa shape index (κ2) is 5.38. The van der Waals surface area contributed by atoms with E-state index < -0.39 is 0 Å². The summed E-state index contributed by atoms with van der Waals surface area (Å²) >= 11 is 1.71. The number of nitrogens with zero attached hydrogens (tertiary/aromatic N) is 2. The fraction of sp³-hybridized carbons (Fsp3) is 0.385. The summed E-state index contributed by atoms with van der Waals surface area (Å²) in [6.07, 6.45) is 3.74. The van der Waals surface area contributed by atoms with Crippen molar-refractivity contribution in [2.75, 3.05) is 0 Å². The molecule has 0 aromatic carbocycles. The number of aryl methyl sites for hydroxylation is 2. The molecule has 0 bridgehead atoms. The molecule has 2 heterocycles. The van der Waals surface area contributed by atoms with Crippen LogP contribution in [0.3, 0.4) is 0 Å². The van der Waals surface area contributed by atoms with E-state index in [1.807, 2.05) is 25.4 Å². The zero-order valence-corrected chi connectivity index (χ0v) is 11.2. The minimum atomic E-state index is 0.285. The van der Waals surface area contributed by atoms with Crippen molar-refractivity contribution in [1.29, 1.82) is 0 Å². The van der Waals surface area contributed by atoms with Crippen LogP contribution in [0.15, 0.2) is 23.8 Å². The van der Waals surface area contributed by atoms with E-state index in [0.717, 1.165) is 17.2 Å². The Kier molecular flexibility index (Phi) is 3.86. The Morgan fingerprint density at radius 3 is 2.88 bits per heavy atom. The molecule has 0 saturated carbocycles. The molecular formula is C13H17N3S. The van der Waals surface area contributed by atoms with Gasteiger partial charge < -0.3 is 5.32 Å². The number of hydrogen-bond acceptors (Lipinski definition) is 4. The van der Waals surface area contributed by atoms with Crippen molar-refractivity contribution >= 4 is 11.3 Å². The molecule has 0 spiro atoms. The summed E-state index contributed by atoms with van der Waals surface area (Å²) in [4.78, 5) is 8.63. The summed E-state index contributed by atoms with van der Waals surface area (Å²) in [5, 5.41) is 6.71. The molecule has 4 heteroatoms. The van der Waals surface area contributed by atoms with Crippen LogP contribution in [-0.2, 0) is 6.54 Å². The van der Waals surface area contributed by atoms with Gasteiger partial charge in [0.2, 0.25) is 0 Å². The molecule has 0 aliphatic heterocycles. The number of hydrogen-bond donors (Lipinski definition) is 1. The van der Waals surface area contributed by atoms with E-state index in [2.05, 4.69) is 34.5 Å². The van der Waals surface area contributed by atoms with Crippen LogP contribution in [0.2, 0.25) is 0 Å². The van der Waals surface area contributed by atoms with Crippen molar-refractivity contribution in [3.8, 4) is 0 Å². The van der Waals surface area contributed by atoms with Gasteiger partial charge in [-0.3, -0.25) is 4.98 Å². The van der Waals surface area contributed by atoms with Gasteiger partial charge in [-0.2, -0.15) is 0 Å². The topological polar surface area (TPSA) is 37.8 Å². The van der Waals surface area contributed by atoms with E-state index in [4.69, 9.17) is 0 Å². The fourth-order valence-corrected chi connectivity index (χ4v) is 2.43. The minimum absolute atomic E-state index is 0.285. The highest BCUT2D eigenvalue weighted by atomic mass is 32.1. The van der Waals surface area contributed by atoms with Crippen molar-refractivity contribution in [1.82, 2.24) is 15.3 Å². The standard InChI is InChI=1S/C13H17N3S/c1-9-4-5-14-6-12(9)7-15-11(3)13-16-10(2)8-17-13/h4-6,8,11,15H,7H2,1-3H3. The smallest absolute Gasteiger partial charge is 0.110 e. The molecule has 0 fully saturated rings. The third-order valence-corrected chi connectivity index (χ3v) is 3.90. The first-order valence-corrected chi connectivity index (χ1v) is 6.59. The van der Waals surface area contributed by atoms with Gasteiger partial charge in [0.15, 0.2) is 0 Å². The largest absolute Gasteiger partial charge is 0.304 e. The van der Waals surface area contributed by atoms with E-state index in [9.17, 15) is 0 Å². The molecule has 0 aliphatic rings. The first-order valence-electron chi connectivity index (χ1n) is 5.71. The Bertz CT molecular complexity index is 493. The highest BCUT2D eigenvalue weighted by Crippen LogP contribution is 2.18. The highest BCUT2D eigenvalue weighted by molar-refractivity contribution is 7.09. The monoisotopic (exact) mass is 247 g/mol. The normalized spacial score (nSPS) is 12.6. The van der Waals surface area contributed by atoms with E-state index in [1.165, 1.54) is 11.1 Å². The van der Waals surface area contributed by atoms with Crippen LogP contribution in [0.25, 0.3) is 0 Å². The van der Waals surface area contributed by atoms with Crippen molar-refractivity contribution < 1.29 is 0 Å². The lowest BCUT2D eigenvalue weighted by Gasteiger charge is -2.12. The van der Waals surface area contributed by atoms with Crippen LogP contribution < -0.4 is 5.32 Å². The van der Waals surface area contributed by atoms with Crippen LogP contribution in [0.1, 0.15) is 34.8 Å². The average Bonchev–Trinajstić information content (AvgIpc) is 2.74. The van der Waals surface area contributed by atoms with Crippen molar-refractivity contribution in [3.63, 3.8) is 0 Å². The van der Waals surface area contributed by atoms with Crippen LogP contribution in [-0.4, -0.2) is 9.97 Å². The Balaban J connectivity index is 1.97. The lowest BCUT2D eigenvalue weighted by atomic mass is 10.1. The summed E-state index contributed by atoms with van der Waals surface area (Å²) < 4.78 is 0. The summed E-state index contributed by atoms with van der Waals surface area (Å²) in [6.45, 7) is 7.11. The zero-order chi connectivity index (χ0) is 12.3. The van der Waals surface area contributed by atoms with Crippen molar-refractivity contribution in [2.45, 2.75) is 33.4 Å². The summed E-state index contributed by atoms with van der Waals surface area (Å²) in [6, 6.07) is 2.32. The third kappa shape index (κ3) is 3.11. The molecule has 90 valence electrons. The van der Waals surface area contributed by atoms with Gasteiger partial charge in [0, 0.05) is 30.0 Å². The SMILES string of the molecule is Cc1csc(C(C)NCc2cnccc2C)n1. The molecule has 3 nitrogen and oxygen atoms in total. The van der Waals surface area contributed by atoms with Crippen molar-refractivity contribution in [3.05, 3.63) is 45.7 Å². The lowest BCUT2D eigenvalue weighted by Crippen LogP contribution is -2.18. The van der Waals surface area contributed by atoms with Gasteiger partial charge in [-0.15, -0.1) is 11.3 Å². The number of pyridine rings is 1. The molecule has 0 aliphatic carbocycles. The maximum Gasteiger partial charge on any atom is 0.110 e. The van der Waals surface area contributed by atoms with Gasteiger partial charge in [-0.1, -0.05) is 0 Å². The average molecular weight is 247 g/mol. The Morgan fingerprint density at radius 2 is 2.24 bits per heavy atom. The van der Waals surface area contributed by atoms with Crippen LogP contribution in [0, 0.1) is 13.8 Å². The Labute approximate surface area is 106 Å². The quantitative estimate of drug-likeness (QED) is 0.902. The Hall–Kier alpha value is -1.26. The number of rotatable bonds is 4. The molecule has 1 atom stereocenters. The molecule has 2 aromatic heterocycles. The number of aromatic nitrogens is 2. The molecule has 0 radical (unpaired) electrons. The van der Waals surface area contributed by atoms with E-state index in [1.54, 1.807) is 11.3 Å². The first-order chi connectivity index (χ1) is 8.16. The predicted octanol–water partition coefficient (Wildman–Crippen LogP) is 3.01. The lowest BCUT2D eigenvalue weighted by molar-refractivity contribution is 0.569. The highest BCUT2D eigenvalue weighted by Gasteiger charge is 2.09. The van der Waals surface area contributed by atoms with Gasteiger partial charge >= 0.3 is 0 Å². The Morgan fingerprint density at radius 1 is 1.41 bits per heavy atom. The molecule has 17 heavy (non-hydrogen) atoms. The van der Waals surface area contributed by atoms with Crippen molar-refractivity contribution in [2.24, 2.45) is 0 Å². The number of nitrogens with one attached hydrogen (secondary N) is 1.